The number of hydrogen-bond acceptors (Lipinski definition) is 5. The van der Waals surface area contributed by atoms with E-state index in [2.05, 4.69) is 206 Å². The molecule has 0 radical (unpaired) electrons. The van der Waals surface area contributed by atoms with Crippen molar-refractivity contribution in [1.29, 1.82) is 0 Å². The number of benzene rings is 6. The second kappa shape index (κ2) is 15.4. The maximum atomic E-state index is 6.97. The summed E-state index contributed by atoms with van der Waals surface area (Å²) < 4.78 is 15.9. The summed E-state index contributed by atoms with van der Waals surface area (Å²) in [6, 6.07) is 50.2. The van der Waals surface area contributed by atoms with Crippen molar-refractivity contribution in [2.75, 3.05) is 9.80 Å². The van der Waals surface area contributed by atoms with E-state index in [1.165, 1.54) is 22.3 Å². The summed E-state index contributed by atoms with van der Waals surface area (Å²) in [5, 5.41) is 2.26. The number of hydrogen-bond donors (Lipinski definition) is 0. The van der Waals surface area contributed by atoms with Crippen LogP contribution in [0, 0.1) is 18.8 Å². The summed E-state index contributed by atoms with van der Waals surface area (Å²) in [6.45, 7) is 27.0. The van der Waals surface area contributed by atoms with Gasteiger partial charge in [-0.3, -0.25) is 0 Å². The van der Waals surface area contributed by atoms with Crippen LogP contribution in [-0.4, -0.2) is 9.55 Å². The molecule has 0 unspecified atom stereocenters. The van der Waals surface area contributed by atoms with Gasteiger partial charge in [0, 0.05) is 72.2 Å². The maximum absolute atomic E-state index is 6.97. The van der Waals surface area contributed by atoms with Gasteiger partial charge in [-0.15, -0.1) is 48.1 Å². The average molecular weight is 1020 g/mol. The van der Waals surface area contributed by atoms with Gasteiger partial charge < -0.3 is 23.8 Å². The Morgan fingerprint density at radius 2 is 1.31 bits per heavy atom. The predicted molar refractivity (Wildman–Crippen MR) is 259 cm³/mol. The SMILES string of the molecule is CC(C)(C)c1ccnc(-n2c3[c-]c(Oc4[c-]c(N5[CH-]N(c6ccccc6)c6c5ccc5c6Oc6ccc(C(C)(C)C)cc6C5(C)C)ccc4)ccc3c3cc(C(C)(C)C)ccc32)c1.[Pt]. The minimum atomic E-state index is -0.293. The summed E-state index contributed by atoms with van der Waals surface area (Å²) in [6.07, 6.45) is 1.91. The van der Waals surface area contributed by atoms with E-state index in [1.54, 1.807) is 0 Å². The summed E-state index contributed by atoms with van der Waals surface area (Å²) in [5.74, 6) is 3.78. The van der Waals surface area contributed by atoms with Gasteiger partial charge in [-0.25, -0.2) is 4.98 Å². The van der Waals surface area contributed by atoms with E-state index in [0.29, 0.717) is 11.5 Å². The molecule has 2 aliphatic heterocycles. The van der Waals surface area contributed by atoms with Gasteiger partial charge in [0.2, 0.25) is 0 Å². The third kappa shape index (κ3) is 7.38. The second-order valence-corrected chi connectivity index (χ2v) is 20.7. The fraction of sp³-hybridized carbons (Fsp3) is 0.263. The zero-order chi connectivity index (χ0) is 44.2. The Kier molecular flexibility index (Phi) is 10.5. The third-order valence-electron chi connectivity index (χ3n) is 12.9. The molecule has 0 atom stereocenters. The fourth-order valence-electron chi connectivity index (χ4n) is 9.07. The summed E-state index contributed by atoms with van der Waals surface area (Å²) in [7, 11) is 0. The molecule has 7 heteroatoms. The fourth-order valence-corrected chi connectivity index (χ4v) is 9.07. The van der Waals surface area contributed by atoms with Gasteiger partial charge >= 0.3 is 0 Å². The van der Waals surface area contributed by atoms with E-state index < -0.39 is 0 Å². The Bertz CT molecular complexity index is 3090. The molecule has 0 saturated heterocycles. The molecule has 0 aliphatic carbocycles. The van der Waals surface area contributed by atoms with Crippen LogP contribution in [0.4, 0.5) is 22.7 Å². The van der Waals surface area contributed by atoms with Crippen molar-refractivity contribution in [1.82, 2.24) is 9.55 Å². The van der Waals surface area contributed by atoms with E-state index in [1.807, 2.05) is 30.5 Å². The van der Waals surface area contributed by atoms with Crippen LogP contribution in [0.2, 0.25) is 0 Å². The van der Waals surface area contributed by atoms with E-state index >= 15 is 0 Å². The Morgan fingerprint density at radius 1 is 0.625 bits per heavy atom. The number of anilines is 4. The molecule has 64 heavy (non-hydrogen) atoms. The van der Waals surface area contributed by atoms with Gasteiger partial charge in [-0.05, 0) is 80.8 Å². The van der Waals surface area contributed by atoms with Crippen molar-refractivity contribution in [3.63, 3.8) is 0 Å². The van der Waals surface area contributed by atoms with Crippen molar-refractivity contribution < 1.29 is 30.5 Å². The first-order chi connectivity index (χ1) is 29.9. The first kappa shape index (κ1) is 43.4. The molecule has 0 bridgehead atoms. The van der Waals surface area contributed by atoms with Crippen molar-refractivity contribution >= 4 is 44.6 Å². The molecular formula is C57H55N4O2Pt-3. The molecule has 4 heterocycles. The van der Waals surface area contributed by atoms with Crippen LogP contribution < -0.4 is 19.3 Å². The summed E-state index contributed by atoms with van der Waals surface area (Å²) >= 11 is 0. The number of fused-ring (bicyclic) bond motifs is 7. The molecule has 0 N–H and O–H groups in total. The summed E-state index contributed by atoms with van der Waals surface area (Å²) in [4.78, 5) is 9.32. The van der Waals surface area contributed by atoms with Gasteiger partial charge in [0.05, 0.1) is 5.69 Å². The zero-order valence-electron chi connectivity index (χ0n) is 38.6. The number of pyridine rings is 1. The van der Waals surface area contributed by atoms with Crippen molar-refractivity contribution in [2.24, 2.45) is 0 Å². The Balaban J connectivity index is 0.00000518. The molecule has 2 aromatic heterocycles. The molecule has 0 spiro atoms. The molecule has 8 aromatic rings. The van der Waals surface area contributed by atoms with Crippen LogP contribution in [0.15, 0.2) is 128 Å². The minimum Gasteiger partial charge on any atom is -0.509 e. The molecule has 0 fully saturated rings. The molecule has 2 aliphatic rings. The van der Waals surface area contributed by atoms with E-state index in [-0.39, 0.29) is 42.7 Å². The Morgan fingerprint density at radius 3 is 2.05 bits per heavy atom. The molecule has 328 valence electrons. The van der Waals surface area contributed by atoms with Crippen LogP contribution in [0.25, 0.3) is 27.6 Å². The minimum absolute atomic E-state index is 0. The number of para-hydroxylation sites is 1. The van der Waals surface area contributed by atoms with Gasteiger partial charge in [0.25, 0.3) is 0 Å². The number of rotatable bonds is 5. The molecular weight excluding hydrogens is 968 g/mol. The van der Waals surface area contributed by atoms with Gasteiger partial charge in [-0.2, -0.15) is 12.1 Å². The summed E-state index contributed by atoms with van der Waals surface area (Å²) in [5.41, 5.74) is 11.7. The first-order valence-electron chi connectivity index (χ1n) is 22.0. The maximum Gasteiger partial charge on any atom is 0.154 e. The van der Waals surface area contributed by atoms with Gasteiger partial charge in [0.1, 0.15) is 11.6 Å². The van der Waals surface area contributed by atoms with E-state index in [9.17, 15) is 0 Å². The van der Waals surface area contributed by atoms with Crippen LogP contribution in [0.1, 0.15) is 104 Å². The van der Waals surface area contributed by atoms with Crippen molar-refractivity contribution in [3.05, 3.63) is 174 Å². The molecule has 6 aromatic carbocycles. The van der Waals surface area contributed by atoms with Crippen LogP contribution >= 0.6 is 0 Å². The Labute approximate surface area is 393 Å². The van der Waals surface area contributed by atoms with Crippen LogP contribution in [0.5, 0.6) is 23.0 Å². The standard InChI is InChI=1S/C57H55N4O2.Pt/c1-54(2,3)36-20-25-47-44(30-36)43-23-22-42(34-49(43)61(47)51-32-38(28-29-58-51)56(7,8)9)62-41-19-15-18-40(33-41)59-35-60(39-16-13-12-14-17-39)52-48(59)26-24-45-53(52)63-50-27-21-37(55(4,5)6)31-46(50)57(45,10)11;/h12-32,35H,1-11H3;/q-3;. The topological polar surface area (TPSA) is 42.8 Å². The average Bonchev–Trinajstić information content (AvgIpc) is 3.79. The van der Waals surface area contributed by atoms with Crippen molar-refractivity contribution in [2.45, 2.75) is 97.8 Å². The van der Waals surface area contributed by atoms with Gasteiger partial charge in [-0.1, -0.05) is 130 Å². The third-order valence-corrected chi connectivity index (χ3v) is 12.9. The predicted octanol–water partition coefficient (Wildman–Crippen LogP) is 15.3. The van der Waals surface area contributed by atoms with E-state index in [0.717, 1.165) is 67.4 Å². The number of aromatic nitrogens is 2. The monoisotopic (exact) mass is 1020 g/mol. The zero-order valence-corrected chi connectivity index (χ0v) is 40.9. The quantitative estimate of drug-likeness (QED) is 0.161. The molecule has 0 amide bonds. The van der Waals surface area contributed by atoms with Gasteiger partial charge in [0.15, 0.2) is 5.75 Å². The molecule has 0 saturated carbocycles. The Hall–Kier alpha value is -5.84. The van der Waals surface area contributed by atoms with E-state index in [4.69, 9.17) is 14.5 Å². The van der Waals surface area contributed by atoms with Crippen molar-refractivity contribution in [3.8, 4) is 28.8 Å². The molecule has 6 nitrogen and oxygen atoms in total. The molecule has 10 rings (SSSR count). The smallest absolute Gasteiger partial charge is 0.154 e. The first-order valence-corrected chi connectivity index (χ1v) is 22.0. The van der Waals surface area contributed by atoms with Crippen LogP contribution in [-0.2, 0) is 42.7 Å². The largest absolute Gasteiger partial charge is 0.509 e. The number of nitrogens with zero attached hydrogens (tertiary/aromatic N) is 4. The second-order valence-electron chi connectivity index (χ2n) is 20.7. The normalized spacial score (nSPS) is 14.5. The van der Waals surface area contributed by atoms with Crippen LogP contribution in [0.3, 0.4) is 0 Å². The number of ether oxygens (including phenoxy) is 2.